The Labute approximate surface area is 199 Å². The van der Waals surface area contributed by atoms with Crippen molar-refractivity contribution < 1.29 is 23.9 Å². The molecule has 2 aromatic rings. The van der Waals surface area contributed by atoms with Crippen molar-refractivity contribution in [2.24, 2.45) is 0 Å². The number of alkyl carbamates (subject to hydrolysis) is 1. The smallest absolute Gasteiger partial charge is 0.407 e. The van der Waals surface area contributed by atoms with Crippen LogP contribution in [0.15, 0.2) is 48.5 Å². The zero-order valence-electron chi connectivity index (χ0n) is 19.2. The third kappa shape index (κ3) is 9.82. The lowest BCUT2D eigenvalue weighted by Crippen LogP contribution is -2.35. The molecule has 3 amide bonds. The molecule has 2 aromatic carbocycles. The lowest BCUT2D eigenvalue weighted by Gasteiger charge is -2.19. The molecule has 0 aliphatic carbocycles. The summed E-state index contributed by atoms with van der Waals surface area (Å²) in [5.74, 6) is -0.0421. The molecule has 0 radical (unpaired) electrons. The van der Waals surface area contributed by atoms with Crippen LogP contribution in [0.3, 0.4) is 0 Å². The number of nitrogens with one attached hydrogen (secondary N) is 3. The van der Waals surface area contributed by atoms with Gasteiger partial charge in [-0.15, -0.1) is 0 Å². The van der Waals surface area contributed by atoms with Crippen LogP contribution in [0.5, 0.6) is 5.75 Å². The summed E-state index contributed by atoms with van der Waals surface area (Å²) in [5, 5.41) is 8.73. The lowest BCUT2D eigenvalue weighted by molar-refractivity contribution is -0.122. The van der Waals surface area contributed by atoms with E-state index in [1.165, 1.54) is 0 Å². The maximum atomic E-state index is 12.6. The molecule has 178 valence electrons. The number of carbonyl (C=O) groups is 3. The summed E-state index contributed by atoms with van der Waals surface area (Å²) >= 11 is 5.86. The number of hydrogen-bond donors (Lipinski definition) is 3. The fraction of sp³-hybridized carbons (Fsp3) is 0.375. The minimum atomic E-state index is -0.743. The molecule has 0 heterocycles. The number of benzene rings is 2. The molecule has 1 unspecified atom stereocenters. The second-order valence-corrected chi connectivity index (χ2v) is 8.75. The van der Waals surface area contributed by atoms with E-state index < -0.39 is 17.8 Å². The molecular formula is C24H30ClN3O5. The highest BCUT2D eigenvalue weighted by molar-refractivity contribution is 6.30. The van der Waals surface area contributed by atoms with Crippen molar-refractivity contribution in [2.45, 2.75) is 52.4 Å². The summed E-state index contributed by atoms with van der Waals surface area (Å²) in [4.78, 5) is 36.3. The predicted molar refractivity (Wildman–Crippen MR) is 127 cm³/mol. The van der Waals surface area contributed by atoms with Gasteiger partial charge >= 0.3 is 6.09 Å². The van der Waals surface area contributed by atoms with Gasteiger partial charge in [0.2, 0.25) is 5.91 Å². The van der Waals surface area contributed by atoms with Crippen LogP contribution in [0.25, 0.3) is 0 Å². The number of carbonyl (C=O) groups excluding carboxylic acids is 3. The molecule has 1 atom stereocenters. The first-order chi connectivity index (χ1) is 15.5. The largest absolute Gasteiger partial charge is 0.481 e. The maximum absolute atomic E-state index is 12.6. The van der Waals surface area contributed by atoms with Crippen LogP contribution in [0.2, 0.25) is 5.02 Å². The Morgan fingerprint density at radius 3 is 2.33 bits per heavy atom. The van der Waals surface area contributed by atoms with Crippen molar-refractivity contribution in [1.29, 1.82) is 0 Å². The van der Waals surface area contributed by atoms with Crippen molar-refractivity contribution in [3.05, 3.63) is 59.1 Å². The van der Waals surface area contributed by atoms with Gasteiger partial charge in [0, 0.05) is 30.2 Å². The van der Waals surface area contributed by atoms with Gasteiger partial charge in [-0.05, 0) is 63.6 Å². The van der Waals surface area contributed by atoms with Gasteiger partial charge in [-0.3, -0.25) is 9.59 Å². The second kappa shape index (κ2) is 12.1. The van der Waals surface area contributed by atoms with Crippen molar-refractivity contribution in [2.75, 3.05) is 11.9 Å². The van der Waals surface area contributed by atoms with E-state index >= 15 is 0 Å². The minimum Gasteiger partial charge on any atom is -0.481 e. The molecule has 3 N–H and O–H groups in total. The molecule has 0 aliphatic heterocycles. The van der Waals surface area contributed by atoms with Gasteiger partial charge < -0.3 is 25.4 Å². The summed E-state index contributed by atoms with van der Waals surface area (Å²) in [7, 11) is 0. The summed E-state index contributed by atoms with van der Waals surface area (Å²) in [5.41, 5.74) is 0.705. The van der Waals surface area contributed by atoms with Crippen LogP contribution in [0.4, 0.5) is 10.5 Å². The summed E-state index contributed by atoms with van der Waals surface area (Å²) in [6.07, 6.45) is -1.22. The number of anilines is 1. The van der Waals surface area contributed by atoms with Crippen LogP contribution < -0.4 is 20.7 Å². The van der Waals surface area contributed by atoms with Gasteiger partial charge in [0.05, 0.1) is 0 Å². The summed E-state index contributed by atoms with van der Waals surface area (Å²) in [6.45, 7) is 7.30. The lowest BCUT2D eigenvalue weighted by atomic mass is 10.1. The number of hydrogen-bond acceptors (Lipinski definition) is 5. The van der Waals surface area contributed by atoms with Crippen LogP contribution in [0, 0.1) is 0 Å². The molecule has 2 rings (SSSR count). The Morgan fingerprint density at radius 2 is 1.67 bits per heavy atom. The van der Waals surface area contributed by atoms with Crippen LogP contribution in [-0.4, -0.2) is 36.2 Å². The van der Waals surface area contributed by atoms with Crippen LogP contribution in [-0.2, 0) is 20.9 Å². The molecule has 0 bridgehead atoms. The van der Waals surface area contributed by atoms with Crippen LogP contribution >= 0.6 is 11.6 Å². The Morgan fingerprint density at radius 1 is 1.00 bits per heavy atom. The Bertz CT molecular complexity index is 957. The van der Waals surface area contributed by atoms with E-state index in [4.69, 9.17) is 21.1 Å². The number of amides is 3. The van der Waals surface area contributed by atoms with Crippen LogP contribution in [0.1, 0.15) is 39.7 Å². The molecule has 33 heavy (non-hydrogen) atoms. The highest BCUT2D eigenvalue weighted by Crippen LogP contribution is 2.19. The number of rotatable bonds is 9. The zero-order chi connectivity index (χ0) is 24.4. The van der Waals surface area contributed by atoms with Crippen molar-refractivity contribution in [1.82, 2.24) is 10.6 Å². The number of halogens is 1. The SMILES string of the molecule is CC(Oc1ccc(Cl)cc1)C(=O)Nc1ccccc1CNC(=O)CCNC(=O)OC(C)(C)C. The van der Waals surface area contributed by atoms with Gasteiger partial charge in [0.15, 0.2) is 6.10 Å². The molecule has 0 saturated heterocycles. The first kappa shape index (κ1) is 26.0. The molecule has 9 heteroatoms. The van der Waals surface area contributed by atoms with E-state index in [1.54, 1.807) is 70.2 Å². The number of para-hydroxylation sites is 1. The monoisotopic (exact) mass is 475 g/mol. The maximum Gasteiger partial charge on any atom is 0.407 e. The average Bonchev–Trinajstić information content (AvgIpc) is 2.73. The molecule has 0 aliphatic rings. The average molecular weight is 476 g/mol. The van der Waals surface area contributed by atoms with Gasteiger partial charge in [0.25, 0.3) is 5.91 Å². The first-order valence-corrected chi connectivity index (χ1v) is 11.0. The Kier molecular flexibility index (Phi) is 9.54. The van der Waals surface area contributed by atoms with Gasteiger partial charge in [-0.2, -0.15) is 0 Å². The highest BCUT2D eigenvalue weighted by atomic mass is 35.5. The topological polar surface area (TPSA) is 106 Å². The molecular weight excluding hydrogens is 446 g/mol. The summed E-state index contributed by atoms with van der Waals surface area (Å²) < 4.78 is 10.8. The third-order valence-electron chi connectivity index (χ3n) is 4.27. The quantitative estimate of drug-likeness (QED) is 0.502. The van der Waals surface area contributed by atoms with Crippen molar-refractivity contribution >= 4 is 35.2 Å². The predicted octanol–water partition coefficient (Wildman–Crippen LogP) is 4.28. The van der Waals surface area contributed by atoms with Gasteiger partial charge in [0.1, 0.15) is 11.4 Å². The van der Waals surface area contributed by atoms with Gasteiger partial charge in [-0.1, -0.05) is 29.8 Å². The van der Waals surface area contributed by atoms with Crippen molar-refractivity contribution in [3.8, 4) is 5.75 Å². The van der Waals surface area contributed by atoms with Gasteiger partial charge in [-0.25, -0.2) is 4.79 Å². The first-order valence-electron chi connectivity index (χ1n) is 10.6. The Balaban J connectivity index is 1.83. The summed E-state index contributed by atoms with van der Waals surface area (Å²) in [6, 6.07) is 13.9. The van der Waals surface area contributed by atoms with E-state index in [1.807, 2.05) is 6.07 Å². The fourth-order valence-corrected chi connectivity index (χ4v) is 2.80. The normalized spacial score (nSPS) is 11.8. The zero-order valence-corrected chi connectivity index (χ0v) is 20.0. The van der Waals surface area contributed by atoms with E-state index in [2.05, 4.69) is 16.0 Å². The molecule has 0 spiro atoms. The third-order valence-corrected chi connectivity index (χ3v) is 4.52. The van der Waals surface area contributed by atoms with E-state index in [-0.39, 0.29) is 31.3 Å². The standard InChI is InChI=1S/C24H30ClN3O5/c1-16(32-19-11-9-18(25)10-12-19)22(30)28-20-8-6-5-7-17(20)15-27-21(29)13-14-26-23(31)33-24(2,3)4/h5-12,16H,13-15H2,1-4H3,(H,26,31)(H,27,29)(H,28,30). The van der Waals surface area contributed by atoms with E-state index in [0.717, 1.165) is 5.56 Å². The van der Waals surface area contributed by atoms with E-state index in [0.29, 0.717) is 16.5 Å². The molecule has 0 aromatic heterocycles. The molecule has 0 fully saturated rings. The second-order valence-electron chi connectivity index (χ2n) is 8.32. The van der Waals surface area contributed by atoms with Crippen molar-refractivity contribution in [3.63, 3.8) is 0 Å². The Hall–Kier alpha value is -3.26. The number of ether oxygens (including phenoxy) is 2. The minimum absolute atomic E-state index is 0.0970. The highest BCUT2D eigenvalue weighted by Gasteiger charge is 2.17. The van der Waals surface area contributed by atoms with E-state index in [9.17, 15) is 14.4 Å². The molecule has 8 nitrogen and oxygen atoms in total. The molecule has 0 saturated carbocycles. The fourth-order valence-electron chi connectivity index (χ4n) is 2.68.